The molecule has 0 aliphatic carbocycles. The maximum absolute atomic E-state index is 5.28. The summed E-state index contributed by atoms with van der Waals surface area (Å²) in [5.74, 6) is 3.89. The molecule has 0 N–H and O–H groups in total. The molecule has 0 amide bonds. The van der Waals surface area contributed by atoms with Crippen LogP contribution in [-0.4, -0.2) is 19.5 Å². The number of hydrogen-bond acceptors (Lipinski definition) is 6. The second kappa shape index (κ2) is 7.31. The topological polar surface area (TPSA) is 64.7 Å². The van der Waals surface area contributed by atoms with E-state index in [-0.39, 0.29) is 5.92 Å². The van der Waals surface area contributed by atoms with Crippen LogP contribution in [0.1, 0.15) is 101 Å². The van der Waals surface area contributed by atoms with Crippen molar-refractivity contribution in [3.63, 3.8) is 0 Å². The molecule has 0 saturated heterocycles. The Labute approximate surface area is 136 Å². The van der Waals surface area contributed by atoms with Gasteiger partial charge in [-0.15, -0.1) is 0 Å². The Kier molecular flexibility index (Phi) is 5.67. The van der Waals surface area contributed by atoms with E-state index in [1.807, 2.05) is 0 Å². The van der Waals surface area contributed by atoms with Crippen LogP contribution in [0.4, 0.5) is 0 Å². The van der Waals surface area contributed by atoms with E-state index in [0.29, 0.717) is 17.8 Å². The van der Waals surface area contributed by atoms with Crippen LogP contribution >= 0.6 is 11.5 Å². The molecule has 0 aromatic carbocycles. The minimum atomic E-state index is 0.279. The lowest BCUT2D eigenvalue weighted by Gasteiger charge is -2.10. The summed E-state index contributed by atoms with van der Waals surface area (Å²) in [6.07, 6.45) is 2.04. The van der Waals surface area contributed by atoms with Gasteiger partial charge < -0.3 is 4.52 Å². The van der Waals surface area contributed by atoms with E-state index in [1.165, 1.54) is 11.5 Å². The monoisotopic (exact) mass is 322 g/mol. The Morgan fingerprint density at radius 1 is 0.864 bits per heavy atom. The van der Waals surface area contributed by atoms with E-state index in [9.17, 15) is 0 Å². The van der Waals surface area contributed by atoms with Crippen molar-refractivity contribution in [2.75, 3.05) is 0 Å². The summed E-state index contributed by atoms with van der Waals surface area (Å²) < 4.78 is 9.78. The van der Waals surface area contributed by atoms with Crippen LogP contribution in [0.2, 0.25) is 0 Å². The molecule has 0 aliphatic heterocycles. The maximum atomic E-state index is 5.28. The van der Waals surface area contributed by atoms with Crippen LogP contribution in [0, 0.1) is 0 Å². The number of aromatic nitrogens is 4. The summed E-state index contributed by atoms with van der Waals surface area (Å²) in [5, 5.41) is 5.22. The highest BCUT2D eigenvalue weighted by atomic mass is 32.1. The molecule has 0 saturated carbocycles. The van der Waals surface area contributed by atoms with Crippen LogP contribution < -0.4 is 0 Å². The van der Waals surface area contributed by atoms with Gasteiger partial charge in [0.15, 0.2) is 5.82 Å². The standard InChI is InChI=1S/C16H26N4OS/c1-9(2)15-17-13(19-21-15)11(5)7-8-12(6)14-18-16(10(3)4)22-20-14/h9-12H,7-8H2,1-6H3. The van der Waals surface area contributed by atoms with Crippen LogP contribution in [0.25, 0.3) is 0 Å². The van der Waals surface area contributed by atoms with Crippen molar-refractivity contribution in [2.24, 2.45) is 0 Å². The average molecular weight is 322 g/mol. The van der Waals surface area contributed by atoms with Gasteiger partial charge >= 0.3 is 0 Å². The van der Waals surface area contributed by atoms with Crippen LogP contribution in [-0.2, 0) is 0 Å². The summed E-state index contributed by atoms with van der Waals surface area (Å²) in [6, 6.07) is 0. The molecule has 2 aromatic heterocycles. The second-order valence-electron chi connectivity index (χ2n) is 6.67. The lowest BCUT2D eigenvalue weighted by molar-refractivity contribution is 0.357. The van der Waals surface area contributed by atoms with E-state index >= 15 is 0 Å². The first-order valence-corrected chi connectivity index (χ1v) is 8.82. The summed E-state index contributed by atoms with van der Waals surface area (Å²) in [7, 11) is 0. The van der Waals surface area contributed by atoms with Crippen molar-refractivity contribution < 1.29 is 4.52 Å². The normalized spacial score (nSPS) is 14.7. The van der Waals surface area contributed by atoms with Gasteiger partial charge in [0, 0.05) is 23.7 Å². The lowest BCUT2D eigenvalue weighted by Crippen LogP contribution is -2.02. The van der Waals surface area contributed by atoms with E-state index in [1.54, 1.807) is 0 Å². The van der Waals surface area contributed by atoms with Gasteiger partial charge in [-0.25, -0.2) is 4.98 Å². The van der Waals surface area contributed by atoms with Gasteiger partial charge in [0.25, 0.3) is 0 Å². The molecule has 0 fully saturated rings. The first kappa shape index (κ1) is 17.1. The Morgan fingerprint density at radius 3 is 2.00 bits per heavy atom. The van der Waals surface area contributed by atoms with Gasteiger partial charge in [-0.3, -0.25) is 0 Å². The van der Waals surface area contributed by atoms with E-state index in [2.05, 4.69) is 61.0 Å². The highest BCUT2D eigenvalue weighted by molar-refractivity contribution is 7.05. The quantitative estimate of drug-likeness (QED) is 0.728. The van der Waals surface area contributed by atoms with Crippen molar-refractivity contribution in [2.45, 2.75) is 78.1 Å². The average Bonchev–Trinajstić information content (AvgIpc) is 3.12. The van der Waals surface area contributed by atoms with Crippen molar-refractivity contribution in [3.05, 3.63) is 22.5 Å². The molecule has 0 bridgehead atoms. The third kappa shape index (κ3) is 4.12. The fourth-order valence-corrected chi connectivity index (χ4v) is 2.88. The van der Waals surface area contributed by atoms with Crippen LogP contribution in [0.5, 0.6) is 0 Å². The summed E-state index contributed by atoms with van der Waals surface area (Å²) >= 11 is 1.52. The van der Waals surface area contributed by atoms with Crippen molar-refractivity contribution >= 4 is 11.5 Å². The molecule has 2 aromatic rings. The van der Waals surface area contributed by atoms with Crippen LogP contribution in [0.15, 0.2) is 4.52 Å². The van der Waals surface area contributed by atoms with Crippen molar-refractivity contribution in [3.8, 4) is 0 Å². The zero-order valence-corrected chi connectivity index (χ0v) is 15.1. The number of nitrogens with zero attached hydrogens (tertiary/aromatic N) is 4. The highest BCUT2D eigenvalue weighted by Crippen LogP contribution is 2.27. The molecule has 6 heteroatoms. The maximum Gasteiger partial charge on any atom is 0.229 e. The van der Waals surface area contributed by atoms with Gasteiger partial charge in [-0.1, -0.05) is 46.7 Å². The minimum absolute atomic E-state index is 0.279. The summed E-state index contributed by atoms with van der Waals surface area (Å²) in [6.45, 7) is 12.8. The van der Waals surface area contributed by atoms with E-state index in [0.717, 1.165) is 35.4 Å². The first-order chi connectivity index (χ1) is 10.4. The van der Waals surface area contributed by atoms with Crippen LogP contribution in [0.3, 0.4) is 0 Å². The van der Waals surface area contributed by atoms with Crippen molar-refractivity contribution in [1.82, 2.24) is 19.5 Å². The van der Waals surface area contributed by atoms with Gasteiger partial charge in [0.1, 0.15) is 10.8 Å². The lowest BCUT2D eigenvalue weighted by atomic mass is 9.97. The molecular weight excluding hydrogens is 296 g/mol. The molecule has 0 spiro atoms. The molecule has 0 radical (unpaired) electrons. The van der Waals surface area contributed by atoms with Gasteiger partial charge in [0.05, 0.1) is 0 Å². The zero-order chi connectivity index (χ0) is 16.3. The molecule has 2 heterocycles. The molecule has 2 atom stereocenters. The number of rotatable bonds is 7. The largest absolute Gasteiger partial charge is 0.339 e. The first-order valence-electron chi connectivity index (χ1n) is 8.05. The fraction of sp³-hybridized carbons (Fsp3) is 0.750. The van der Waals surface area contributed by atoms with Gasteiger partial charge in [0.2, 0.25) is 5.89 Å². The molecular formula is C16H26N4OS. The second-order valence-corrected chi connectivity index (χ2v) is 7.45. The Bertz CT molecular complexity index is 538. The summed E-state index contributed by atoms with van der Waals surface area (Å²) in [5.41, 5.74) is 0. The Morgan fingerprint density at radius 2 is 1.50 bits per heavy atom. The predicted octanol–water partition coefficient (Wildman–Crippen LogP) is 4.86. The third-order valence-corrected chi connectivity index (χ3v) is 4.85. The Balaban J connectivity index is 1.90. The minimum Gasteiger partial charge on any atom is -0.339 e. The molecule has 2 rings (SSSR count). The highest BCUT2D eigenvalue weighted by Gasteiger charge is 2.19. The Hall–Kier alpha value is -1.30. The molecule has 5 nitrogen and oxygen atoms in total. The van der Waals surface area contributed by atoms with E-state index in [4.69, 9.17) is 4.52 Å². The van der Waals surface area contributed by atoms with Crippen molar-refractivity contribution in [1.29, 1.82) is 0 Å². The number of hydrogen-bond donors (Lipinski definition) is 0. The molecule has 122 valence electrons. The third-order valence-electron chi connectivity index (χ3n) is 3.82. The molecule has 22 heavy (non-hydrogen) atoms. The van der Waals surface area contributed by atoms with Gasteiger partial charge in [-0.2, -0.15) is 9.36 Å². The predicted molar refractivity (Wildman–Crippen MR) is 88.4 cm³/mol. The molecule has 0 aliphatic rings. The van der Waals surface area contributed by atoms with Gasteiger partial charge in [-0.05, 0) is 24.4 Å². The summed E-state index contributed by atoms with van der Waals surface area (Å²) in [4.78, 5) is 9.13. The molecule has 2 unspecified atom stereocenters. The SMILES string of the molecule is CC(C)c1nc(C(C)CCC(C)c2nsc(C(C)C)n2)no1. The zero-order valence-electron chi connectivity index (χ0n) is 14.3. The fourth-order valence-electron chi connectivity index (χ4n) is 2.12. The smallest absolute Gasteiger partial charge is 0.229 e. The van der Waals surface area contributed by atoms with E-state index < -0.39 is 0 Å².